The van der Waals surface area contributed by atoms with Gasteiger partial charge in [0, 0.05) is 13.1 Å². The lowest BCUT2D eigenvalue weighted by molar-refractivity contribution is -0.139. The SMILES string of the molecule is COc1cc(/C=C2\SC(=O)N(CC(=O)N3CCOCC3)C2=O)ccc1OCC(=O)O. The van der Waals surface area contributed by atoms with Crippen LogP contribution in [0.1, 0.15) is 5.56 Å². The van der Waals surface area contributed by atoms with Crippen molar-refractivity contribution in [2.24, 2.45) is 0 Å². The molecule has 2 aliphatic heterocycles. The topological polar surface area (TPSA) is 123 Å². The second kappa shape index (κ2) is 9.63. The molecule has 3 rings (SSSR count). The van der Waals surface area contributed by atoms with Gasteiger partial charge in [0.15, 0.2) is 18.1 Å². The van der Waals surface area contributed by atoms with Gasteiger partial charge in [0.25, 0.3) is 11.1 Å². The van der Waals surface area contributed by atoms with Crippen molar-refractivity contribution in [1.29, 1.82) is 0 Å². The lowest BCUT2D eigenvalue weighted by atomic mass is 10.2. The monoisotopic (exact) mass is 436 g/mol. The molecule has 11 heteroatoms. The third-order valence-corrected chi connectivity index (χ3v) is 5.27. The zero-order valence-corrected chi connectivity index (χ0v) is 17.0. The van der Waals surface area contributed by atoms with Gasteiger partial charge in [0.2, 0.25) is 5.91 Å². The second-order valence-electron chi connectivity index (χ2n) is 6.35. The zero-order valence-electron chi connectivity index (χ0n) is 16.2. The summed E-state index contributed by atoms with van der Waals surface area (Å²) in [6.45, 7) is 0.893. The number of thioether (sulfide) groups is 1. The summed E-state index contributed by atoms with van der Waals surface area (Å²) >= 11 is 0.750. The van der Waals surface area contributed by atoms with Gasteiger partial charge in [0.05, 0.1) is 25.2 Å². The van der Waals surface area contributed by atoms with Crippen LogP contribution in [0.4, 0.5) is 4.79 Å². The van der Waals surface area contributed by atoms with Crippen molar-refractivity contribution in [2.45, 2.75) is 0 Å². The fourth-order valence-electron chi connectivity index (χ4n) is 2.87. The molecular weight excluding hydrogens is 416 g/mol. The Kier molecular flexibility index (Phi) is 6.95. The third kappa shape index (κ3) is 5.10. The van der Waals surface area contributed by atoms with Gasteiger partial charge in [-0.1, -0.05) is 6.07 Å². The summed E-state index contributed by atoms with van der Waals surface area (Å²) in [5, 5.41) is 8.21. The smallest absolute Gasteiger partial charge is 0.341 e. The molecule has 0 unspecified atom stereocenters. The van der Waals surface area contributed by atoms with E-state index in [4.69, 9.17) is 19.3 Å². The number of carbonyl (C=O) groups is 4. The predicted molar refractivity (Wildman–Crippen MR) is 106 cm³/mol. The van der Waals surface area contributed by atoms with Crippen molar-refractivity contribution in [3.8, 4) is 11.5 Å². The highest BCUT2D eigenvalue weighted by molar-refractivity contribution is 8.18. The molecule has 1 aromatic rings. The fourth-order valence-corrected chi connectivity index (χ4v) is 3.71. The number of ether oxygens (including phenoxy) is 3. The minimum absolute atomic E-state index is 0.177. The van der Waals surface area contributed by atoms with Gasteiger partial charge in [-0.25, -0.2) is 4.79 Å². The van der Waals surface area contributed by atoms with Crippen LogP contribution >= 0.6 is 11.8 Å². The molecule has 30 heavy (non-hydrogen) atoms. The van der Waals surface area contributed by atoms with Gasteiger partial charge < -0.3 is 24.2 Å². The molecular formula is C19H20N2O8S. The number of morpholine rings is 1. The number of imide groups is 1. The number of nitrogens with zero attached hydrogens (tertiary/aromatic N) is 2. The van der Waals surface area contributed by atoms with E-state index in [1.807, 2.05) is 0 Å². The number of aliphatic carboxylic acids is 1. The lowest BCUT2D eigenvalue weighted by Crippen LogP contribution is -2.46. The molecule has 0 aromatic heterocycles. The minimum Gasteiger partial charge on any atom is -0.493 e. The van der Waals surface area contributed by atoms with E-state index in [-0.39, 0.29) is 28.9 Å². The van der Waals surface area contributed by atoms with E-state index in [0.717, 1.165) is 16.7 Å². The van der Waals surface area contributed by atoms with Crippen LogP contribution in [0.5, 0.6) is 11.5 Å². The van der Waals surface area contributed by atoms with Crippen LogP contribution in [0.2, 0.25) is 0 Å². The fraction of sp³-hybridized carbons (Fsp3) is 0.368. The second-order valence-corrected chi connectivity index (χ2v) is 7.35. The molecule has 10 nitrogen and oxygen atoms in total. The summed E-state index contributed by atoms with van der Waals surface area (Å²) in [7, 11) is 1.40. The number of carboxylic acid groups (broad SMARTS) is 1. The largest absolute Gasteiger partial charge is 0.493 e. The molecule has 1 N–H and O–H groups in total. The van der Waals surface area contributed by atoms with Crippen LogP contribution in [0.3, 0.4) is 0 Å². The molecule has 0 bridgehead atoms. The molecule has 2 heterocycles. The highest BCUT2D eigenvalue weighted by Gasteiger charge is 2.37. The van der Waals surface area contributed by atoms with Gasteiger partial charge in [0.1, 0.15) is 6.54 Å². The first-order valence-corrected chi connectivity index (χ1v) is 9.84. The molecule has 0 saturated carbocycles. The van der Waals surface area contributed by atoms with Crippen molar-refractivity contribution in [3.05, 3.63) is 28.7 Å². The maximum atomic E-state index is 12.6. The normalized spacial score (nSPS) is 18.1. The maximum absolute atomic E-state index is 12.6. The summed E-state index contributed by atoms with van der Waals surface area (Å²) in [5.41, 5.74) is 0.555. The Hall–Kier alpha value is -3.05. The Labute approximate surface area is 176 Å². The maximum Gasteiger partial charge on any atom is 0.341 e. The van der Waals surface area contributed by atoms with E-state index in [1.165, 1.54) is 19.3 Å². The summed E-state index contributed by atoms with van der Waals surface area (Å²) in [6, 6.07) is 4.68. The number of benzene rings is 1. The Morgan fingerprint density at radius 2 is 1.97 bits per heavy atom. The van der Waals surface area contributed by atoms with E-state index in [9.17, 15) is 19.2 Å². The molecule has 3 amide bonds. The van der Waals surface area contributed by atoms with E-state index >= 15 is 0 Å². The summed E-state index contributed by atoms with van der Waals surface area (Å²) in [4.78, 5) is 50.6. The van der Waals surface area contributed by atoms with Gasteiger partial charge in [-0.05, 0) is 35.5 Å². The van der Waals surface area contributed by atoms with Crippen LogP contribution < -0.4 is 9.47 Å². The first-order valence-electron chi connectivity index (χ1n) is 9.02. The van der Waals surface area contributed by atoms with Crippen molar-refractivity contribution < 1.29 is 38.5 Å². The number of rotatable bonds is 7. The van der Waals surface area contributed by atoms with Crippen molar-refractivity contribution in [3.63, 3.8) is 0 Å². The van der Waals surface area contributed by atoms with Gasteiger partial charge >= 0.3 is 5.97 Å². The van der Waals surface area contributed by atoms with E-state index in [2.05, 4.69) is 0 Å². The average Bonchev–Trinajstić information content (AvgIpc) is 3.00. The Morgan fingerprint density at radius 1 is 1.23 bits per heavy atom. The quantitative estimate of drug-likeness (QED) is 0.625. The highest BCUT2D eigenvalue weighted by Crippen LogP contribution is 2.34. The number of amides is 3. The molecule has 0 atom stereocenters. The van der Waals surface area contributed by atoms with Crippen LogP contribution in [0.15, 0.2) is 23.1 Å². The van der Waals surface area contributed by atoms with Crippen molar-refractivity contribution in [2.75, 3.05) is 46.6 Å². The molecule has 0 radical (unpaired) electrons. The molecule has 160 valence electrons. The Bertz CT molecular complexity index is 895. The highest BCUT2D eigenvalue weighted by atomic mass is 32.2. The molecule has 2 aliphatic rings. The Morgan fingerprint density at radius 3 is 2.63 bits per heavy atom. The molecule has 2 fully saturated rings. The lowest BCUT2D eigenvalue weighted by Gasteiger charge is -2.28. The molecule has 0 aliphatic carbocycles. The van der Waals surface area contributed by atoms with E-state index in [0.29, 0.717) is 31.9 Å². The first kappa shape index (κ1) is 21.7. The Balaban J connectivity index is 1.71. The van der Waals surface area contributed by atoms with Crippen LogP contribution in [0.25, 0.3) is 6.08 Å². The third-order valence-electron chi connectivity index (χ3n) is 4.37. The van der Waals surface area contributed by atoms with E-state index < -0.39 is 23.7 Å². The van der Waals surface area contributed by atoms with Crippen LogP contribution in [0, 0.1) is 0 Å². The summed E-state index contributed by atoms with van der Waals surface area (Å²) in [6.07, 6.45) is 1.51. The number of hydrogen-bond donors (Lipinski definition) is 1. The van der Waals surface area contributed by atoms with Gasteiger partial charge in [-0.2, -0.15) is 0 Å². The van der Waals surface area contributed by atoms with Crippen LogP contribution in [-0.4, -0.2) is 84.5 Å². The average molecular weight is 436 g/mol. The van der Waals surface area contributed by atoms with Gasteiger partial charge in [-0.15, -0.1) is 0 Å². The van der Waals surface area contributed by atoms with E-state index in [1.54, 1.807) is 17.0 Å². The van der Waals surface area contributed by atoms with Crippen molar-refractivity contribution in [1.82, 2.24) is 9.80 Å². The first-order chi connectivity index (χ1) is 14.4. The van der Waals surface area contributed by atoms with Crippen LogP contribution in [-0.2, 0) is 19.1 Å². The minimum atomic E-state index is -1.12. The molecule has 1 aromatic carbocycles. The number of hydrogen-bond acceptors (Lipinski definition) is 8. The predicted octanol–water partition coefficient (Wildman–Crippen LogP) is 1.05. The number of carboxylic acids is 1. The standard InChI is InChI=1S/C19H20N2O8S/c1-27-14-8-12(2-3-13(14)29-11-17(23)24)9-15-18(25)21(19(26)30-15)10-16(22)20-4-6-28-7-5-20/h2-3,8-9H,4-7,10-11H2,1H3,(H,23,24)/b15-9-. The molecule has 0 spiro atoms. The number of carbonyl (C=O) groups excluding carboxylic acids is 3. The summed E-state index contributed by atoms with van der Waals surface area (Å²) in [5.74, 6) is -1.45. The summed E-state index contributed by atoms with van der Waals surface area (Å²) < 4.78 is 15.5. The number of methoxy groups -OCH3 is 1. The van der Waals surface area contributed by atoms with Gasteiger partial charge in [-0.3, -0.25) is 19.3 Å². The zero-order chi connectivity index (χ0) is 21.7. The van der Waals surface area contributed by atoms with Crippen molar-refractivity contribution >= 4 is 40.9 Å². The molecule has 2 saturated heterocycles.